The highest BCUT2D eigenvalue weighted by Crippen LogP contribution is 2.20. The molecule has 22 heavy (non-hydrogen) atoms. The number of carbonyl (C=O) groups is 1. The third kappa shape index (κ3) is 4.34. The smallest absolute Gasteiger partial charge is 0.230 e. The minimum atomic E-state index is 0.00519. The number of hydrogen-bond acceptors (Lipinski definition) is 4. The summed E-state index contributed by atoms with van der Waals surface area (Å²) in [6, 6.07) is 9.89. The summed E-state index contributed by atoms with van der Waals surface area (Å²) in [6.07, 6.45) is 0. The number of hydrogen-bond donors (Lipinski definition) is 1. The first kappa shape index (κ1) is 16.5. The molecule has 1 amide bonds. The Balaban J connectivity index is 1.86. The van der Waals surface area contributed by atoms with E-state index >= 15 is 0 Å². The van der Waals surface area contributed by atoms with Crippen LogP contribution in [0.25, 0.3) is 0 Å². The third-order valence-corrected chi connectivity index (χ3v) is 4.21. The molecule has 0 saturated carbocycles. The number of rotatable bonds is 7. The monoisotopic (exact) mass is 318 g/mol. The Labute approximate surface area is 135 Å². The van der Waals surface area contributed by atoms with Gasteiger partial charge in [-0.15, -0.1) is 10.2 Å². The van der Waals surface area contributed by atoms with Crippen LogP contribution in [0.3, 0.4) is 0 Å². The SMILES string of the molecule is CCn1c(SCC(=O)NCc2ccccc2)nnc1C(C)C. The Kier molecular flexibility index (Phi) is 6.00. The van der Waals surface area contributed by atoms with E-state index in [4.69, 9.17) is 0 Å². The fourth-order valence-corrected chi connectivity index (χ4v) is 2.95. The van der Waals surface area contributed by atoms with Crippen LogP contribution < -0.4 is 5.32 Å². The van der Waals surface area contributed by atoms with Crippen LogP contribution in [0, 0.1) is 0 Å². The minimum absolute atomic E-state index is 0.00519. The van der Waals surface area contributed by atoms with E-state index in [-0.39, 0.29) is 5.91 Å². The van der Waals surface area contributed by atoms with Gasteiger partial charge in [0.15, 0.2) is 5.16 Å². The molecule has 5 nitrogen and oxygen atoms in total. The highest BCUT2D eigenvalue weighted by molar-refractivity contribution is 7.99. The molecule has 1 heterocycles. The summed E-state index contributed by atoms with van der Waals surface area (Å²) in [4.78, 5) is 11.9. The number of carbonyl (C=O) groups excluding carboxylic acids is 1. The zero-order valence-electron chi connectivity index (χ0n) is 13.2. The summed E-state index contributed by atoms with van der Waals surface area (Å²) in [5, 5.41) is 12.1. The van der Waals surface area contributed by atoms with E-state index in [0.29, 0.717) is 18.2 Å². The molecule has 0 atom stereocenters. The largest absolute Gasteiger partial charge is 0.351 e. The van der Waals surface area contributed by atoms with Crippen LogP contribution in [-0.4, -0.2) is 26.4 Å². The van der Waals surface area contributed by atoms with Crippen molar-refractivity contribution < 1.29 is 4.79 Å². The summed E-state index contributed by atoms with van der Waals surface area (Å²) in [5.74, 6) is 1.65. The molecule has 1 aromatic carbocycles. The highest BCUT2D eigenvalue weighted by atomic mass is 32.2. The molecule has 118 valence electrons. The van der Waals surface area contributed by atoms with Crippen LogP contribution >= 0.6 is 11.8 Å². The van der Waals surface area contributed by atoms with Gasteiger partial charge in [0.2, 0.25) is 5.91 Å². The van der Waals surface area contributed by atoms with Crippen molar-refractivity contribution in [1.29, 1.82) is 0 Å². The Morgan fingerprint density at radius 1 is 1.27 bits per heavy atom. The second-order valence-corrected chi connectivity index (χ2v) is 6.23. The fourth-order valence-electron chi connectivity index (χ4n) is 2.11. The Morgan fingerprint density at radius 3 is 2.64 bits per heavy atom. The predicted octanol–water partition coefficient (Wildman–Crippen LogP) is 2.83. The molecule has 1 N–H and O–H groups in total. The van der Waals surface area contributed by atoms with Gasteiger partial charge in [0.25, 0.3) is 0 Å². The minimum Gasteiger partial charge on any atom is -0.351 e. The molecule has 0 unspecified atom stereocenters. The van der Waals surface area contributed by atoms with E-state index in [1.54, 1.807) is 0 Å². The normalized spacial score (nSPS) is 10.9. The van der Waals surface area contributed by atoms with Crippen molar-refractivity contribution in [2.45, 2.75) is 44.9 Å². The van der Waals surface area contributed by atoms with Gasteiger partial charge in [-0.25, -0.2) is 0 Å². The molecule has 0 aliphatic carbocycles. The lowest BCUT2D eigenvalue weighted by Crippen LogP contribution is -2.24. The molecule has 0 radical (unpaired) electrons. The molecule has 0 bridgehead atoms. The summed E-state index contributed by atoms with van der Waals surface area (Å²) >= 11 is 1.43. The lowest BCUT2D eigenvalue weighted by atomic mass is 10.2. The van der Waals surface area contributed by atoms with E-state index in [9.17, 15) is 4.79 Å². The fraction of sp³-hybridized carbons (Fsp3) is 0.438. The number of benzene rings is 1. The van der Waals surface area contributed by atoms with Crippen molar-refractivity contribution in [3.05, 3.63) is 41.7 Å². The number of amides is 1. The topological polar surface area (TPSA) is 59.8 Å². The summed E-state index contributed by atoms with van der Waals surface area (Å²) in [7, 11) is 0. The maximum atomic E-state index is 11.9. The van der Waals surface area contributed by atoms with E-state index in [0.717, 1.165) is 23.1 Å². The average Bonchev–Trinajstić information content (AvgIpc) is 2.95. The summed E-state index contributed by atoms with van der Waals surface area (Å²) in [6.45, 7) is 7.62. The first-order valence-corrected chi connectivity index (χ1v) is 8.47. The molecule has 0 saturated heterocycles. The first-order valence-electron chi connectivity index (χ1n) is 7.48. The predicted molar refractivity (Wildman–Crippen MR) is 88.8 cm³/mol. The van der Waals surface area contributed by atoms with E-state index < -0.39 is 0 Å². The van der Waals surface area contributed by atoms with Gasteiger partial charge in [-0.3, -0.25) is 4.79 Å². The van der Waals surface area contributed by atoms with E-state index in [1.807, 2.05) is 30.3 Å². The molecule has 0 aliphatic rings. The van der Waals surface area contributed by atoms with Crippen LogP contribution in [0.2, 0.25) is 0 Å². The Morgan fingerprint density at radius 2 is 2.00 bits per heavy atom. The molecule has 0 spiro atoms. The average molecular weight is 318 g/mol. The van der Waals surface area contributed by atoms with Gasteiger partial charge in [-0.2, -0.15) is 0 Å². The van der Waals surface area contributed by atoms with Crippen molar-refractivity contribution in [3.8, 4) is 0 Å². The van der Waals surface area contributed by atoms with Gasteiger partial charge in [0, 0.05) is 19.0 Å². The zero-order valence-corrected chi connectivity index (χ0v) is 14.1. The van der Waals surface area contributed by atoms with Crippen LogP contribution in [0.4, 0.5) is 0 Å². The standard InChI is InChI=1S/C16H22N4OS/c1-4-20-15(12(2)3)18-19-16(20)22-11-14(21)17-10-13-8-6-5-7-9-13/h5-9,12H,4,10-11H2,1-3H3,(H,17,21). The number of thioether (sulfide) groups is 1. The summed E-state index contributed by atoms with van der Waals surface area (Å²) in [5.41, 5.74) is 1.10. The molecule has 2 aromatic rings. The molecule has 6 heteroatoms. The lowest BCUT2D eigenvalue weighted by Gasteiger charge is -2.09. The highest BCUT2D eigenvalue weighted by Gasteiger charge is 2.15. The van der Waals surface area contributed by atoms with Gasteiger partial charge in [-0.1, -0.05) is 55.9 Å². The van der Waals surface area contributed by atoms with E-state index in [1.165, 1.54) is 11.8 Å². The van der Waals surface area contributed by atoms with Gasteiger partial charge in [-0.05, 0) is 12.5 Å². The quantitative estimate of drug-likeness (QED) is 0.798. The van der Waals surface area contributed by atoms with Crippen LogP contribution in [0.5, 0.6) is 0 Å². The zero-order chi connectivity index (χ0) is 15.9. The molecule has 1 aromatic heterocycles. The molecular weight excluding hydrogens is 296 g/mol. The van der Waals surface area contributed by atoms with Crippen molar-refractivity contribution >= 4 is 17.7 Å². The van der Waals surface area contributed by atoms with Crippen molar-refractivity contribution in [2.24, 2.45) is 0 Å². The third-order valence-electron chi connectivity index (χ3n) is 3.24. The number of nitrogens with zero attached hydrogens (tertiary/aromatic N) is 3. The van der Waals surface area contributed by atoms with Crippen molar-refractivity contribution in [3.63, 3.8) is 0 Å². The van der Waals surface area contributed by atoms with Crippen LogP contribution in [0.15, 0.2) is 35.5 Å². The second-order valence-electron chi connectivity index (χ2n) is 5.29. The summed E-state index contributed by atoms with van der Waals surface area (Å²) < 4.78 is 2.07. The Bertz CT molecular complexity index is 610. The van der Waals surface area contributed by atoms with E-state index in [2.05, 4.69) is 40.9 Å². The maximum absolute atomic E-state index is 11.9. The van der Waals surface area contributed by atoms with Crippen LogP contribution in [-0.2, 0) is 17.9 Å². The van der Waals surface area contributed by atoms with Gasteiger partial charge < -0.3 is 9.88 Å². The second kappa shape index (κ2) is 7.98. The number of nitrogens with one attached hydrogen (secondary N) is 1. The lowest BCUT2D eigenvalue weighted by molar-refractivity contribution is -0.118. The van der Waals surface area contributed by atoms with Crippen LogP contribution in [0.1, 0.15) is 38.1 Å². The Hall–Kier alpha value is -1.82. The number of aromatic nitrogens is 3. The molecule has 2 rings (SSSR count). The van der Waals surface area contributed by atoms with Gasteiger partial charge >= 0.3 is 0 Å². The van der Waals surface area contributed by atoms with Crippen molar-refractivity contribution in [2.75, 3.05) is 5.75 Å². The van der Waals surface area contributed by atoms with Gasteiger partial charge in [0.05, 0.1) is 5.75 Å². The molecule has 0 fully saturated rings. The molecular formula is C16H22N4OS. The first-order chi connectivity index (χ1) is 10.6. The molecule has 0 aliphatic heterocycles. The van der Waals surface area contributed by atoms with Gasteiger partial charge in [0.1, 0.15) is 5.82 Å². The maximum Gasteiger partial charge on any atom is 0.230 e. The van der Waals surface area contributed by atoms with Crippen molar-refractivity contribution in [1.82, 2.24) is 20.1 Å².